The van der Waals surface area contributed by atoms with Crippen LogP contribution in [0.4, 0.5) is 0 Å². The maximum Gasteiger partial charge on any atom is 0.236 e. The number of hydrogen-bond acceptors (Lipinski definition) is 4. The van der Waals surface area contributed by atoms with Gasteiger partial charge in [0.15, 0.2) is 5.84 Å². The zero-order chi connectivity index (χ0) is 13.9. The highest BCUT2D eigenvalue weighted by Crippen LogP contribution is 2.39. The molecule has 1 amide bonds. The smallest absolute Gasteiger partial charge is 0.236 e. The summed E-state index contributed by atoms with van der Waals surface area (Å²) in [4.78, 5) is 14.7. The SMILES string of the molecule is CN(C(=O)C1(C(N)=NO)CCCCC1)C1CCSC1. The van der Waals surface area contributed by atoms with Crippen LogP contribution in [0.5, 0.6) is 0 Å². The number of thioether (sulfide) groups is 1. The van der Waals surface area contributed by atoms with E-state index in [1.807, 2.05) is 23.7 Å². The molecule has 0 radical (unpaired) electrons. The molecule has 0 aromatic heterocycles. The summed E-state index contributed by atoms with van der Waals surface area (Å²) >= 11 is 1.88. The van der Waals surface area contributed by atoms with E-state index in [0.29, 0.717) is 18.9 Å². The maximum absolute atomic E-state index is 12.9. The average Bonchev–Trinajstić information content (AvgIpc) is 2.99. The monoisotopic (exact) mass is 285 g/mol. The molecule has 2 fully saturated rings. The van der Waals surface area contributed by atoms with E-state index in [-0.39, 0.29) is 11.7 Å². The number of nitrogens with two attached hydrogens (primary N) is 1. The van der Waals surface area contributed by atoms with Crippen LogP contribution in [-0.4, -0.2) is 46.4 Å². The van der Waals surface area contributed by atoms with Crippen molar-refractivity contribution in [1.29, 1.82) is 0 Å². The van der Waals surface area contributed by atoms with Crippen molar-refractivity contribution in [2.75, 3.05) is 18.6 Å². The van der Waals surface area contributed by atoms with E-state index in [1.165, 1.54) is 0 Å². The molecule has 0 bridgehead atoms. The van der Waals surface area contributed by atoms with E-state index in [0.717, 1.165) is 37.2 Å². The van der Waals surface area contributed by atoms with Crippen molar-refractivity contribution in [2.24, 2.45) is 16.3 Å². The highest BCUT2D eigenvalue weighted by atomic mass is 32.2. The van der Waals surface area contributed by atoms with Crippen molar-refractivity contribution in [3.8, 4) is 0 Å². The third kappa shape index (κ3) is 2.68. The van der Waals surface area contributed by atoms with Gasteiger partial charge in [0.05, 0.1) is 0 Å². The Kier molecular flexibility index (Phi) is 4.60. The molecular weight excluding hydrogens is 262 g/mol. The minimum atomic E-state index is -0.769. The van der Waals surface area contributed by atoms with Gasteiger partial charge in [-0.3, -0.25) is 4.79 Å². The second kappa shape index (κ2) is 6.03. The topological polar surface area (TPSA) is 78.9 Å². The largest absolute Gasteiger partial charge is 0.409 e. The number of nitrogens with zero attached hydrogens (tertiary/aromatic N) is 2. The van der Waals surface area contributed by atoms with Gasteiger partial charge in [-0.05, 0) is 25.0 Å². The van der Waals surface area contributed by atoms with Crippen LogP contribution in [-0.2, 0) is 4.79 Å². The highest BCUT2D eigenvalue weighted by molar-refractivity contribution is 7.99. The highest BCUT2D eigenvalue weighted by Gasteiger charge is 2.46. The Morgan fingerprint density at radius 2 is 2.11 bits per heavy atom. The van der Waals surface area contributed by atoms with Gasteiger partial charge >= 0.3 is 0 Å². The van der Waals surface area contributed by atoms with Crippen LogP contribution in [0.25, 0.3) is 0 Å². The first kappa shape index (κ1) is 14.5. The van der Waals surface area contributed by atoms with Crippen LogP contribution < -0.4 is 5.73 Å². The van der Waals surface area contributed by atoms with E-state index in [1.54, 1.807) is 0 Å². The van der Waals surface area contributed by atoms with Crippen LogP contribution in [0, 0.1) is 5.41 Å². The fourth-order valence-electron chi connectivity index (χ4n) is 3.16. The summed E-state index contributed by atoms with van der Waals surface area (Å²) in [5.41, 5.74) is 5.10. The molecule has 1 aliphatic carbocycles. The normalized spacial score (nSPS) is 27.2. The van der Waals surface area contributed by atoms with Crippen molar-refractivity contribution in [3.05, 3.63) is 0 Å². The first-order valence-electron chi connectivity index (χ1n) is 6.95. The van der Waals surface area contributed by atoms with Gasteiger partial charge in [-0.15, -0.1) is 0 Å². The van der Waals surface area contributed by atoms with Crippen molar-refractivity contribution < 1.29 is 10.0 Å². The van der Waals surface area contributed by atoms with Crippen molar-refractivity contribution in [1.82, 2.24) is 4.90 Å². The Labute approximate surface area is 118 Å². The first-order chi connectivity index (χ1) is 9.12. The zero-order valence-corrected chi connectivity index (χ0v) is 12.3. The van der Waals surface area contributed by atoms with Crippen LogP contribution in [0.2, 0.25) is 0 Å². The third-order valence-electron chi connectivity index (χ3n) is 4.49. The molecule has 1 saturated carbocycles. The fourth-order valence-corrected chi connectivity index (χ4v) is 4.43. The zero-order valence-electron chi connectivity index (χ0n) is 11.5. The molecule has 2 aliphatic rings. The van der Waals surface area contributed by atoms with E-state index in [2.05, 4.69) is 5.16 Å². The number of oxime groups is 1. The molecule has 108 valence electrons. The second-order valence-electron chi connectivity index (χ2n) is 5.56. The second-order valence-corrected chi connectivity index (χ2v) is 6.71. The first-order valence-corrected chi connectivity index (χ1v) is 8.10. The van der Waals surface area contributed by atoms with E-state index >= 15 is 0 Å². The Hall–Kier alpha value is -0.910. The lowest BCUT2D eigenvalue weighted by Crippen LogP contribution is -2.53. The van der Waals surface area contributed by atoms with E-state index < -0.39 is 5.41 Å². The number of amides is 1. The molecule has 1 saturated heterocycles. The van der Waals surface area contributed by atoms with Crippen LogP contribution in [0.1, 0.15) is 38.5 Å². The van der Waals surface area contributed by atoms with Crippen LogP contribution in [0.15, 0.2) is 5.16 Å². The van der Waals surface area contributed by atoms with Crippen molar-refractivity contribution >= 4 is 23.5 Å². The maximum atomic E-state index is 12.9. The Balaban J connectivity index is 2.19. The van der Waals surface area contributed by atoms with Gasteiger partial charge in [0.25, 0.3) is 0 Å². The summed E-state index contributed by atoms with van der Waals surface area (Å²) < 4.78 is 0. The quantitative estimate of drug-likeness (QED) is 0.358. The number of amidine groups is 1. The molecule has 0 spiro atoms. The van der Waals surface area contributed by atoms with Gasteiger partial charge < -0.3 is 15.8 Å². The van der Waals surface area contributed by atoms with Crippen LogP contribution in [0.3, 0.4) is 0 Å². The van der Waals surface area contributed by atoms with Gasteiger partial charge in [0, 0.05) is 18.8 Å². The molecule has 6 heteroatoms. The third-order valence-corrected chi connectivity index (χ3v) is 5.63. The van der Waals surface area contributed by atoms with Gasteiger partial charge in [-0.2, -0.15) is 11.8 Å². The van der Waals surface area contributed by atoms with E-state index in [4.69, 9.17) is 10.9 Å². The molecule has 0 aromatic carbocycles. The van der Waals surface area contributed by atoms with Crippen molar-refractivity contribution in [3.63, 3.8) is 0 Å². The lowest BCUT2D eigenvalue weighted by atomic mass is 9.72. The number of carbonyl (C=O) groups is 1. The lowest BCUT2D eigenvalue weighted by molar-refractivity contribution is -0.140. The summed E-state index contributed by atoms with van der Waals surface area (Å²) in [6.07, 6.45) is 5.50. The van der Waals surface area contributed by atoms with Gasteiger partial charge in [0.1, 0.15) is 5.41 Å². The molecule has 1 unspecified atom stereocenters. The summed E-state index contributed by atoms with van der Waals surface area (Å²) in [5.74, 6) is 2.23. The molecule has 1 atom stereocenters. The van der Waals surface area contributed by atoms with Crippen LogP contribution >= 0.6 is 11.8 Å². The average molecular weight is 285 g/mol. The number of rotatable bonds is 3. The Bertz CT molecular complexity index is 361. The predicted molar refractivity (Wildman–Crippen MR) is 77.4 cm³/mol. The molecule has 19 heavy (non-hydrogen) atoms. The van der Waals surface area contributed by atoms with Gasteiger partial charge in [-0.1, -0.05) is 24.4 Å². The summed E-state index contributed by atoms with van der Waals surface area (Å²) in [6.45, 7) is 0. The standard InChI is InChI=1S/C13H23N3O2S/c1-16(10-5-8-19-9-10)12(17)13(11(14)15-18)6-3-2-4-7-13/h10,18H,2-9H2,1H3,(H2,14,15). The molecular formula is C13H23N3O2S. The fraction of sp³-hybridized carbons (Fsp3) is 0.846. The Morgan fingerprint density at radius 1 is 1.42 bits per heavy atom. The van der Waals surface area contributed by atoms with Crippen molar-refractivity contribution in [2.45, 2.75) is 44.6 Å². The summed E-state index contributed by atoms with van der Waals surface area (Å²) in [6, 6.07) is 0.294. The molecule has 3 N–H and O–H groups in total. The van der Waals surface area contributed by atoms with Gasteiger partial charge in [0.2, 0.25) is 5.91 Å². The minimum Gasteiger partial charge on any atom is -0.409 e. The lowest BCUT2D eigenvalue weighted by Gasteiger charge is -2.39. The van der Waals surface area contributed by atoms with Gasteiger partial charge in [-0.25, -0.2) is 0 Å². The molecule has 1 aliphatic heterocycles. The van der Waals surface area contributed by atoms with E-state index in [9.17, 15) is 4.79 Å². The molecule has 2 rings (SSSR count). The molecule has 1 heterocycles. The number of carbonyl (C=O) groups excluding carboxylic acids is 1. The molecule has 0 aromatic rings. The Morgan fingerprint density at radius 3 is 2.63 bits per heavy atom. The minimum absolute atomic E-state index is 0.0370. The predicted octanol–water partition coefficient (Wildman–Crippen LogP) is 1.65. The summed E-state index contributed by atoms with van der Waals surface area (Å²) in [5, 5.41) is 12.2. The number of hydrogen-bond donors (Lipinski definition) is 2. The molecule has 5 nitrogen and oxygen atoms in total. The summed E-state index contributed by atoms with van der Waals surface area (Å²) in [7, 11) is 1.86.